The SMILES string of the molecule is CCOC(CN)Cn1cnc2c1CCCC2. The van der Waals surface area contributed by atoms with Gasteiger partial charge in [0.05, 0.1) is 24.7 Å². The van der Waals surface area contributed by atoms with Crippen LogP contribution in [0.2, 0.25) is 0 Å². The molecule has 90 valence electrons. The first kappa shape index (κ1) is 11.6. The Hall–Kier alpha value is -0.870. The van der Waals surface area contributed by atoms with E-state index < -0.39 is 0 Å². The number of aryl methyl sites for hydroxylation is 1. The van der Waals surface area contributed by atoms with Gasteiger partial charge in [0.2, 0.25) is 0 Å². The summed E-state index contributed by atoms with van der Waals surface area (Å²) in [6.07, 6.45) is 6.89. The summed E-state index contributed by atoms with van der Waals surface area (Å²) in [5.74, 6) is 0. The Morgan fingerprint density at radius 3 is 3.06 bits per heavy atom. The minimum Gasteiger partial charge on any atom is -0.375 e. The number of aromatic nitrogens is 2. The van der Waals surface area contributed by atoms with E-state index in [0.717, 1.165) is 26.0 Å². The summed E-state index contributed by atoms with van der Waals surface area (Å²) in [5.41, 5.74) is 8.36. The van der Waals surface area contributed by atoms with Gasteiger partial charge in [-0.1, -0.05) is 0 Å². The van der Waals surface area contributed by atoms with Crippen molar-refractivity contribution < 1.29 is 4.74 Å². The van der Waals surface area contributed by atoms with Gasteiger partial charge in [-0.25, -0.2) is 4.98 Å². The molecule has 1 aromatic heterocycles. The standard InChI is InChI=1S/C12H21N3O/c1-2-16-10(7-13)8-15-9-14-11-5-3-4-6-12(11)15/h9-10H,2-8,13H2,1H3. The Morgan fingerprint density at radius 2 is 2.31 bits per heavy atom. The van der Waals surface area contributed by atoms with Gasteiger partial charge in [0.25, 0.3) is 0 Å². The van der Waals surface area contributed by atoms with E-state index in [0.29, 0.717) is 6.54 Å². The molecule has 1 aliphatic carbocycles. The Bertz CT molecular complexity index is 335. The van der Waals surface area contributed by atoms with Crippen LogP contribution in [0.4, 0.5) is 0 Å². The van der Waals surface area contributed by atoms with E-state index in [1.165, 1.54) is 24.2 Å². The monoisotopic (exact) mass is 223 g/mol. The molecule has 1 aromatic rings. The zero-order valence-electron chi connectivity index (χ0n) is 9.98. The second kappa shape index (κ2) is 5.46. The van der Waals surface area contributed by atoms with Crippen LogP contribution in [-0.4, -0.2) is 28.8 Å². The van der Waals surface area contributed by atoms with Crippen molar-refractivity contribution in [2.75, 3.05) is 13.2 Å². The third-order valence-electron chi connectivity index (χ3n) is 3.18. The normalized spacial score (nSPS) is 17.1. The lowest BCUT2D eigenvalue weighted by molar-refractivity contribution is 0.0561. The maximum Gasteiger partial charge on any atom is 0.0952 e. The molecule has 0 radical (unpaired) electrons. The average Bonchev–Trinajstić information content (AvgIpc) is 2.72. The number of nitrogens with zero attached hydrogens (tertiary/aromatic N) is 2. The molecule has 0 saturated heterocycles. The fourth-order valence-corrected chi connectivity index (χ4v) is 2.34. The van der Waals surface area contributed by atoms with Crippen LogP contribution in [0.5, 0.6) is 0 Å². The van der Waals surface area contributed by atoms with Gasteiger partial charge >= 0.3 is 0 Å². The van der Waals surface area contributed by atoms with Crippen molar-refractivity contribution in [3.05, 3.63) is 17.7 Å². The highest BCUT2D eigenvalue weighted by molar-refractivity contribution is 5.16. The molecular formula is C12H21N3O. The first-order chi connectivity index (χ1) is 7.85. The minimum absolute atomic E-state index is 0.116. The lowest BCUT2D eigenvalue weighted by atomic mass is 10.0. The Kier molecular flexibility index (Phi) is 3.96. The molecule has 4 heteroatoms. The van der Waals surface area contributed by atoms with Crippen LogP contribution in [-0.2, 0) is 24.1 Å². The van der Waals surface area contributed by atoms with Crippen molar-refractivity contribution in [1.82, 2.24) is 9.55 Å². The molecule has 4 nitrogen and oxygen atoms in total. The van der Waals surface area contributed by atoms with E-state index in [1.54, 1.807) is 0 Å². The molecule has 0 saturated carbocycles. The second-order valence-corrected chi connectivity index (χ2v) is 4.31. The van der Waals surface area contributed by atoms with Crippen LogP contribution < -0.4 is 5.73 Å². The molecule has 0 aromatic carbocycles. The van der Waals surface area contributed by atoms with E-state index in [9.17, 15) is 0 Å². The van der Waals surface area contributed by atoms with E-state index in [-0.39, 0.29) is 6.10 Å². The maximum absolute atomic E-state index is 5.69. The molecule has 16 heavy (non-hydrogen) atoms. The van der Waals surface area contributed by atoms with Gasteiger partial charge in [0, 0.05) is 18.8 Å². The molecule has 0 bridgehead atoms. The predicted octanol–water partition coefficient (Wildman–Crippen LogP) is 1.13. The number of hydrogen-bond donors (Lipinski definition) is 1. The van der Waals surface area contributed by atoms with Crippen molar-refractivity contribution in [2.45, 2.75) is 45.3 Å². The first-order valence-electron chi connectivity index (χ1n) is 6.19. The molecule has 2 N–H and O–H groups in total. The summed E-state index contributed by atoms with van der Waals surface area (Å²) >= 11 is 0. The van der Waals surface area contributed by atoms with E-state index in [4.69, 9.17) is 10.5 Å². The fourth-order valence-electron chi connectivity index (χ4n) is 2.34. The van der Waals surface area contributed by atoms with Crippen LogP contribution >= 0.6 is 0 Å². The molecule has 0 amide bonds. The van der Waals surface area contributed by atoms with Crippen LogP contribution in [0.3, 0.4) is 0 Å². The molecule has 0 fully saturated rings. The summed E-state index contributed by atoms with van der Waals surface area (Å²) in [6, 6.07) is 0. The molecule has 2 rings (SSSR count). The molecular weight excluding hydrogens is 202 g/mol. The zero-order valence-corrected chi connectivity index (χ0v) is 9.98. The van der Waals surface area contributed by atoms with Gasteiger partial charge in [0.1, 0.15) is 0 Å². The zero-order chi connectivity index (χ0) is 11.4. The Balaban J connectivity index is 2.05. The molecule has 1 atom stereocenters. The fraction of sp³-hybridized carbons (Fsp3) is 0.750. The topological polar surface area (TPSA) is 53.1 Å². The third kappa shape index (κ3) is 2.44. The first-order valence-corrected chi connectivity index (χ1v) is 6.19. The molecule has 0 aliphatic heterocycles. The van der Waals surface area contributed by atoms with Gasteiger partial charge in [-0.05, 0) is 32.6 Å². The van der Waals surface area contributed by atoms with Gasteiger partial charge in [-0.3, -0.25) is 0 Å². The molecule has 1 unspecified atom stereocenters. The highest BCUT2D eigenvalue weighted by Gasteiger charge is 2.17. The van der Waals surface area contributed by atoms with Crippen molar-refractivity contribution in [2.24, 2.45) is 5.73 Å². The Morgan fingerprint density at radius 1 is 1.50 bits per heavy atom. The number of ether oxygens (including phenoxy) is 1. The second-order valence-electron chi connectivity index (χ2n) is 4.31. The smallest absolute Gasteiger partial charge is 0.0952 e. The number of fused-ring (bicyclic) bond motifs is 1. The summed E-state index contributed by atoms with van der Waals surface area (Å²) < 4.78 is 7.81. The summed E-state index contributed by atoms with van der Waals surface area (Å²) in [5, 5.41) is 0. The lowest BCUT2D eigenvalue weighted by Crippen LogP contribution is -2.29. The highest BCUT2D eigenvalue weighted by atomic mass is 16.5. The number of imidazole rings is 1. The molecule has 1 aliphatic rings. The van der Waals surface area contributed by atoms with Crippen LogP contribution in [0, 0.1) is 0 Å². The van der Waals surface area contributed by atoms with Crippen LogP contribution in [0.25, 0.3) is 0 Å². The largest absolute Gasteiger partial charge is 0.375 e. The van der Waals surface area contributed by atoms with Crippen LogP contribution in [0.1, 0.15) is 31.2 Å². The predicted molar refractivity (Wildman–Crippen MR) is 63.3 cm³/mol. The molecule has 0 spiro atoms. The summed E-state index contributed by atoms with van der Waals surface area (Å²) in [4.78, 5) is 4.47. The summed E-state index contributed by atoms with van der Waals surface area (Å²) in [7, 11) is 0. The van der Waals surface area contributed by atoms with E-state index >= 15 is 0 Å². The summed E-state index contributed by atoms with van der Waals surface area (Å²) in [6.45, 7) is 4.14. The maximum atomic E-state index is 5.69. The van der Waals surface area contributed by atoms with E-state index in [2.05, 4.69) is 9.55 Å². The van der Waals surface area contributed by atoms with E-state index in [1.807, 2.05) is 13.3 Å². The average molecular weight is 223 g/mol. The van der Waals surface area contributed by atoms with Crippen molar-refractivity contribution in [1.29, 1.82) is 0 Å². The van der Waals surface area contributed by atoms with Gasteiger partial charge in [0.15, 0.2) is 0 Å². The van der Waals surface area contributed by atoms with Gasteiger partial charge < -0.3 is 15.0 Å². The highest BCUT2D eigenvalue weighted by Crippen LogP contribution is 2.20. The van der Waals surface area contributed by atoms with Gasteiger partial charge in [-0.15, -0.1) is 0 Å². The van der Waals surface area contributed by atoms with Crippen molar-refractivity contribution in [3.8, 4) is 0 Å². The molecule has 1 heterocycles. The number of hydrogen-bond acceptors (Lipinski definition) is 3. The minimum atomic E-state index is 0.116. The number of rotatable bonds is 5. The number of nitrogens with two attached hydrogens (primary N) is 1. The van der Waals surface area contributed by atoms with Crippen LogP contribution in [0.15, 0.2) is 6.33 Å². The lowest BCUT2D eigenvalue weighted by Gasteiger charge is -2.19. The third-order valence-corrected chi connectivity index (χ3v) is 3.18. The Labute approximate surface area is 96.8 Å². The van der Waals surface area contributed by atoms with Crippen molar-refractivity contribution in [3.63, 3.8) is 0 Å². The van der Waals surface area contributed by atoms with Crippen molar-refractivity contribution >= 4 is 0 Å². The quantitative estimate of drug-likeness (QED) is 0.814. The van der Waals surface area contributed by atoms with Gasteiger partial charge in [-0.2, -0.15) is 0 Å².